The summed E-state index contributed by atoms with van der Waals surface area (Å²) in [6, 6.07) is 12.1. The number of amides is 2. The third-order valence-electron chi connectivity index (χ3n) is 4.42. The van der Waals surface area contributed by atoms with Crippen LogP contribution in [0.2, 0.25) is 0 Å². The lowest BCUT2D eigenvalue weighted by Gasteiger charge is -2.13. The fraction of sp³-hybridized carbons (Fsp3) is 0.286. The molecule has 0 atom stereocenters. The predicted molar refractivity (Wildman–Crippen MR) is 135 cm³/mol. The van der Waals surface area contributed by atoms with Crippen molar-refractivity contribution in [3.05, 3.63) is 64.7 Å². The zero-order valence-corrected chi connectivity index (χ0v) is 21.3. The molecule has 0 heterocycles. The summed E-state index contributed by atoms with van der Waals surface area (Å²) < 4.78 is 23.5. The number of guanidine groups is 1. The molecule has 5 N–H and O–H groups in total. The van der Waals surface area contributed by atoms with Gasteiger partial charge in [-0.3, -0.25) is 14.6 Å². The Morgan fingerprint density at radius 2 is 1.53 bits per heavy atom. The summed E-state index contributed by atoms with van der Waals surface area (Å²) in [5.74, 6) is -0.393. The summed E-state index contributed by atoms with van der Waals surface area (Å²) >= 11 is 0. The molecule has 2 amide bonds. The smallest absolute Gasteiger partial charge is 0.251 e. The first-order valence-corrected chi connectivity index (χ1v) is 11.4. The summed E-state index contributed by atoms with van der Waals surface area (Å²) in [6.07, 6.45) is 1.19. The molecule has 0 saturated carbocycles. The fourth-order valence-corrected chi connectivity index (χ4v) is 3.83. The van der Waals surface area contributed by atoms with Crippen molar-refractivity contribution in [2.24, 2.45) is 10.7 Å². The Morgan fingerprint density at radius 3 is 2.03 bits per heavy atom. The Bertz CT molecular complexity index is 1090. The van der Waals surface area contributed by atoms with Gasteiger partial charge in [0.2, 0.25) is 5.91 Å². The van der Waals surface area contributed by atoms with Gasteiger partial charge in [0.1, 0.15) is 0 Å². The number of aryl methyl sites for hydroxylation is 1. The number of hydrogen-bond acceptors (Lipinski definition) is 5. The molecule has 0 unspecified atom stereocenters. The minimum atomic E-state index is -3.24. The van der Waals surface area contributed by atoms with E-state index in [-0.39, 0.29) is 36.4 Å². The number of carbonyl (C=O) groups excluding carboxylic acids is 2. The molecule has 32 heavy (non-hydrogen) atoms. The predicted octanol–water partition coefficient (Wildman–Crippen LogP) is 1.10. The maximum Gasteiger partial charge on any atom is 0.251 e. The lowest BCUT2D eigenvalue weighted by molar-refractivity contribution is -0.117. The number of sulfone groups is 1. The quantitative estimate of drug-likeness (QED) is 0.212. The average Bonchev–Trinajstić information content (AvgIpc) is 2.71. The summed E-state index contributed by atoms with van der Waals surface area (Å²) in [6.45, 7) is 2.52. The number of halogens is 1. The van der Waals surface area contributed by atoms with Gasteiger partial charge in [-0.25, -0.2) is 8.42 Å². The van der Waals surface area contributed by atoms with Gasteiger partial charge in [0.05, 0.1) is 11.4 Å². The number of hydrogen-bond donors (Lipinski definition) is 4. The van der Waals surface area contributed by atoms with Crippen LogP contribution in [0.1, 0.15) is 27.0 Å². The molecule has 0 bridgehead atoms. The van der Waals surface area contributed by atoms with Crippen molar-refractivity contribution in [3.63, 3.8) is 0 Å². The molecule has 0 aliphatic heterocycles. The molecule has 0 aliphatic carbocycles. The van der Waals surface area contributed by atoms with Crippen molar-refractivity contribution < 1.29 is 18.0 Å². The lowest BCUT2D eigenvalue weighted by atomic mass is 10.1. The zero-order chi connectivity index (χ0) is 23.0. The maximum absolute atomic E-state index is 11.9. The van der Waals surface area contributed by atoms with Crippen LogP contribution >= 0.6 is 24.0 Å². The molecule has 174 valence electrons. The van der Waals surface area contributed by atoms with Crippen molar-refractivity contribution >= 4 is 51.6 Å². The van der Waals surface area contributed by atoms with Gasteiger partial charge in [0, 0.05) is 32.0 Å². The van der Waals surface area contributed by atoms with E-state index in [4.69, 9.17) is 5.73 Å². The summed E-state index contributed by atoms with van der Waals surface area (Å²) in [5.41, 5.74) is 8.01. The highest BCUT2D eigenvalue weighted by Gasteiger charge is 2.11. The van der Waals surface area contributed by atoms with Crippen LogP contribution in [0.5, 0.6) is 0 Å². The molecule has 2 rings (SSSR count). The Kier molecular flexibility index (Phi) is 10.6. The van der Waals surface area contributed by atoms with Crippen LogP contribution in [0.15, 0.2) is 52.4 Å². The second-order valence-electron chi connectivity index (χ2n) is 7.00. The molecule has 9 nitrogen and oxygen atoms in total. The standard InChI is InChI=1S/C21H27N5O4S.HI/c1-14-10-16(6-9-18(14)31(3,29)30)12-26-21(23-2)25-11-15-4-7-17(8-5-15)20(28)24-13-19(22)27;/h4-10H,11-13H2,1-3H3,(H2,22,27)(H,24,28)(H2,23,25,26);1H. The first-order valence-electron chi connectivity index (χ1n) is 9.49. The minimum Gasteiger partial charge on any atom is -0.368 e. The van der Waals surface area contributed by atoms with E-state index < -0.39 is 15.7 Å². The van der Waals surface area contributed by atoms with Crippen LogP contribution in [-0.4, -0.2) is 46.0 Å². The van der Waals surface area contributed by atoms with Gasteiger partial charge >= 0.3 is 0 Å². The maximum atomic E-state index is 11.9. The molecule has 2 aromatic rings. The Hall–Kier alpha value is -2.67. The van der Waals surface area contributed by atoms with Crippen molar-refractivity contribution in [3.8, 4) is 0 Å². The zero-order valence-electron chi connectivity index (χ0n) is 18.1. The second-order valence-corrected chi connectivity index (χ2v) is 8.98. The van der Waals surface area contributed by atoms with Crippen LogP contribution in [0.3, 0.4) is 0 Å². The van der Waals surface area contributed by atoms with Crippen molar-refractivity contribution in [2.75, 3.05) is 19.8 Å². The second kappa shape index (κ2) is 12.4. The van der Waals surface area contributed by atoms with Gasteiger partial charge in [0.15, 0.2) is 15.8 Å². The van der Waals surface area contributed by atoms with Crippen LogP contribution in [0, 0.1) is 6.92 Å². The van der Waals surface area contributed by atoms with Crippen molar-refractivity contribution in [2.45, 2.75) is 24.9 Å². The van der Waals surface area contributed by atoms with E-state index in [2.05, 4.69) is 20.9 Å². The number of nitrogens with zero attached hydrogens (tertiary/aromatic N) is 1. The van der Waals surface area contributed by atoms with Crippen LogP contribution in [0.4, 0.5) is 0 Å². The first kappa shape index (κ1) is 27.4. The van der Waals surface area contributed by atoms with E-state index in [0.29, 0.717) is 35.1 Å². The highest BCUT2D eigenvalue weighted by molar-refractivity contribution is 14.0. The minimum absolute atomic E-state index is 0. The monoisotopic (exact) mass is 573 g/mol. The van der Waals surface area contributed by atoms with Gasteiger partial charge in [-0.2, -0.15) is 0 Å². The number of nitrogens with two attached hydrogens (primary N) is 1. The van der Waals surface area contributed by atoms with Gasteiger partial charge in [-0.15, -0.1) is 24.0 Å². The van der Waals surface area contributed by atoms with Gasteiger partial charge < -0.3 is 21.7 Å². The van der Waals surface area contributed by atoms with Crippen LogP contribution in [-0.2, 0) is 27.7 Å². The molecule has 0 radical (unpaired) electrons. The molecule has 0 saturated heterocycles. The number of rotatable bonds is 8. The van der Waals surface area contributed by atoms with Crippen molar-refractivity contribution in [1.29, 1.82) is 0 Å². The van der Waals surface area contributed by atoms with E-state index in [1.54, 1.807) is 50.4 Å². The van der Waals surface area contributed by atoms with Crippen molar-refractivity contribution in [1.82, 2.24) is 16.0 Å². The van der Waals surface area contributed by atoms with E-state index in [1.165, 1.54) is 6.26 Å². The topological polar surface area (TPSA) is 143 Å². The van der Waals surface area contributed by atoms with E-state index in [1.807, 2.05) is 6.07 Å². The fourth-order valence-electron chi connectivity index (χ4n) is 2.87. The SMILES string of the molecule is CN=C(NCc1ccc(C(=O)NCC(N)=O)cc1)NCc1ccc(S(C)(=O)=O)c(C)c1.I. The average molecular weight is 573 g/mol. The van der Waals surface area contributed by atoms with E-state index >= 15 is 0 Å². The third-order valence-corrected chi connectivity index (χ3v) is 5.68. The summed E-state index contributed by atoms with van der Waals surface area (Å²) in [7, 11) is -1.59. The molecular formula is C21H28IN5O4S. The highest BCUT2D eigenvalue weighted by Crippen LogP contribution is 2.16. The molecule has 0 fully saturated rings. The molecular weight excluding hydrogens is 545 g/mol. The highest BCUT2D eigenvalue weighted by atomic mass is 127. The Balaban J connectivity index is 0.00000512. The van der Waals surface area contributed by atoms with Gasteiger partial charge in [0.25, 0.3) is 5.91 Å². The number of nitrogens with one attached hydrogen (secondary N) is 3. The molecule has 0 aromatic heterocycles. The first-order chi connectivity index (χ1) is 14.6. The molecule has 0 spiro atoms. The summed E-state index contributed by atoms with van der Waals surface area (Å²) in [4.78, 5) is 27.1. The van der Waals surface area contributed by atoms with E-state index in [0.717, 1.165) is 11.1 Å². The van der Waals surface area contributed by atoms with E-state index in [9.17, 15) is 18.0 Å². The molecule has 0 aliphatic rings. The third kappa shape index (κ3) is 8.46. The number of benzene rings is 2. The Labute approximate surface area is 205 Å². The van der Waals surface area contributed by atoms with Crippen LogP contribution < -0.4 is 21.7 Å². The van der Waals surface area contributed by atoms with Gasteiger partial charge in [-0.1, -0.05) is 24.3 Å². The normalized spacial score (nSPS) is 11.3. The molecule has 2 aromatic carbocycles. The molecule has 11 heteroatoms. The lowest BCUT2D eigenvalue weighted by Crippen LogP contribution is -2.36. The van der Waals surface area contributed by atoms with Gasteiger partial charge in [-0.05, 0) is 41.8 Å². The van der Waals surface area contributed by atoms with Crippen LogP contribution in [0.25, 0.3) is 0 Å². The Morgan fingerprint density at radius 1 is 0.969 bits per heavy atom. The summed E-state index contributed by atoms with van der Waals surface area (Å²) in [5, 5.41) is 8.79. The number of aliphatic imine (C=N–C) groups is 1. The number of carbonyl (C=O) groups is 2. The number of primary amides is 1. The largest absolute Gasteiger partial charge is 0.368 e.